The number of hydrogen-bond acceptors (Lipinski definition) is 1. The molecule has 1 amide bonds. The molecule has 1 saturated heterocycles. The summed E-state index contributed by atoms with van der Waals surface area (Å²) in [5.41, 5.74) is 0.489. The predicted molar refractivity (Wildman–Crippen MR) is 68.9 cm³/mol. The zero-order valence-electron chi connectivity index (χ0n) is 9.13. The molecule has 0 aliphatic carbocycles. The molecule has 0 radical (unpaired) electrons. The van der Waals surface area contributed by atoms with Gasteiger partial charge in [0, 0.05) is 22.9 Å². The third-order valence-corrected chi connectivity index (χ3v) is 3.99. The van der Waals surface area contributed by atoms with Crippen molar-refractivity contribution in [1.29, 1.82) is 0 Å². The van der Waals surface area contributed by atoms with E-state index in [4.69, 9.17) is 11.6 Å². The number of halogens is 3. The molecule has 0 aromatic heterocycles. The van der Waals surface area contributed by atoms with Crippen molar-refractivity contribution < 1.29 is 9.18 Å². The van der Waals surface area contributed by atoms with Crippen molar-refractivity contribution in [1.82, 2.24) is 4.90 Å². The number of rotatable bonds is 2. The highest BCUT2D eigenvalue weighted by Crippen LogP contribution is 2.25. The van der Waals surface area contributed by atoms with Crippen molar-refractivity contribution in [3.05, 3.63) is 34.1 Å². The van der Waals surface area contributed by atoms with Crippen molar-refractivity contribution in [2.24, 2.45) is 0 Å². The molecule has 1 heterocycles. The number of carbonyl (C=O) groups is 1. The molecule has 5 heteroatoms. The molecule has 1 aliphatic rings. The Morgan fingerprint density at radius 1 is 1.59 bits per heavy atom. The first-order chi connectivity index (χ1) is 8.13. The molecule has 1 aliphatic heterocycles. The fourth-order valence-corrected chi connectivity index (χ4v) is 2.92. The van der Waals surface area contributed by atoms with Crippen LogP contribution in [0.1, 0.15) is 23.2 Å². The van der Waals surface area contributed by atoms with Crippen LogP contribution in [0.4, 0.5) is 4.39 Å². The van der Waals surface area contributed by atoms with Gasteiger partial charge in [-0.25, -0.2) is 4.39 Å². The zero-order valence-corrected chi connectivity index (χ0v) is 11.5. The smallest absolute Gasteiger partial charge is 0.255 e. The molecule has 0 saturated carbocycles. The number of alkyl halides is 1. The molecule has 1 aromatic carbocycles. The lowest BCUT2D eigenvalue weighted by Gasteiger charge is -2.23. The molecule has 1 unspecified atom stereocenters. The number of hydrogen-bond donors (Lipinski definition) is 0. The summed E-state index contributed by atoms with van der Waals surface area (Å²) in [5.74, 6) is 0.00800. The van der Waals surface area contributed by atoms with Crippen LogP contribution in [0.2, 0.25) is 0 Å². The highest BCUT2D eigenvalue weighted by Gasteiger charge is 2.29. The van der Waals surface area contributed by atoms with Crippen LogP contribution in [-0.2, 0) is 0 Å². The third-order valence-electron chi connectivity index (χ3n) is 2.98. The quantitative estimate of drug-likeness (QED) is 0.765. The largest absolute Gasteiger partial charge is 0.334 e. The first kappa shape index (κ1) is 12.8. The molecular weight excluding hydrogens is 308 g/mol. The summed E-state index contributed by atoms with van der Waals surface area (Å²) in [6.45, 7) is 0.722. The van der Waals surface area contributed by atoms with Crippen molar-refractivity contribution in [3.8, 4) is 0 Å². The van der Waals surface area contributed by atoms with Crippen LogP contribution in [0.25, 0.3) is 0 Å². The van der Waals surface area contributed by atoms with Gasteiger partial charge >= 0.3 is 0 Å². The second-order valence-corrected chi connectivity index (χ2v) is 5.24. The van der Waals surface area contributed by atoms with Gasteiger partial charge in [-0.2, -0.15) is 0 Å². The molecule has 0 spiro atoms. The molecule has 1 fully saturated rings. The van der Waals surface area contributed by atoms with E-state index in [1.807, 2.05) is 0 Å². The summed E-state index contributed by atoms with van der Waals surface area (Å²) in [4.78, 5) is 14.0. The molecule has 2 nitrogen and oxygen atoms in total. The van der Waals surface area contributed by atoms with E-state index in [-0.39, 0.29) is 17.8 Å². The van der Waals surface area contributed by atoms with E-state index in [9.17, 15) is 9.18 Å². The second-order valence-electron chi connectivity index (χ2n) is 4.07. The maximum absolute atomic E-state index is 13.0. The van der Waals surface area contributed by atoms with Gasteiger partial charge in [0.05, 0.1) is 5.56 Å². The van der Waals surface area contributed by atoms with Gasteiger partial charge in [0.25, 0.3) is 5.91 Å². The van der Waals surface area contributed by atoms with E-state index in [1.165, 1.54) is 18.2 Å². The average molecular weight is 321 g/mol. The number of likely N-dealkylation sites (tertiary alicyclic amines) is 1. The summed E-state index contributed by atoms with van der Waals surface area (Å²) in [5, 5.41) is 0. The predicted octanol–water partition coefficient (Wildman–Crippen LogP) is 3.43. The molecule has 17 heavy (non-hydrogen) atoms. The topological polar surface area (TPSA) is 20.3 Å². The van der Waals surface area contributed by atoms with E-state index in [1.54, 1.807) is 4.90 Å². The highest BCUT2D eigenvalue weighted by atomic mass is 79.9. The monoisotopic (exact) mass is 319 g/mol. The first-order valence-corrected chi connectivity index (χ1v) is 6.78. The summed E-state index contributed by atoms with van der Waals surface area (Å²) in [7, 11) is 0. The minimum atomic E-state index is -0.358. The van der Waals surface area contributed by atoms with E-state index in [2.05, 4.69) is 15.9 Å². The number of carbonyl (C=O) groups excluding carboxylic acids is 1. The van der Waals surface area contributed by atoms with Gasteiger partial charge in [0.2, 0.25) is 0 Å². The maximum Gasteiger partial charge on any atom is 0.255 e. The second kappa shape index (κ2) is 5.36. The Hall–Kier alpha value is -0.610. The van der Waals surface area contributed by atoms with Crippen LogP contribution in [0.3, 0.4) is 0 Å². The highest BCUT2D eigenvalue weighted by molar-refractivity contribution is 9.10. The van der Waals surface area contributed by atoms with Gasteiger partial charge in [-0.15, -0.1) is 11.6 Å². The SMILES string of the molecule is O=C(c1ccc(F)cc1Br)N1CCCC1CCl. The van der Waals surface area contributed by atoms with E-state index in [0.29, 0.717) is 15.9 Å². The van der Waals surface area contributed by atoms with Crippen LogP contribution in [0, 0.1) is 5.82 Å². The summed E-state index contributed by atoms with van der Waals surface area (Å²) >= 11 is 9.05. The molecular formula is C12H12BrClFNO. The van der Waals surface area contributed by atoms with E-state index in [0.717, 1.165) is 19.4 Å². The molecule has 92 valence electrons. The van der Waals surface area contributed by atoms with E-state index >= 15 is 0 Å². The Bertz CT molecular complexity index is 441. The third kappa shape index (κ3) is 2.63. The molecule has 0 bridgehead atoms. The lowest BCUT2D eigenvalue weighted by molar-refractivity contribution is 0.0748. The molecule has 2 rings (SSSR count). The van der Waals surface area contributed by atoms with Crippen LogP contribution in [0.15, 0.2) is 22.7 Å². The fourth-order valence-electron chi connectivity index (χ4n) is 2.08. The Morgan fingerprint density at radius 3 is 3.00 bits per heavy atom. The average Bonchev–Trinajstić information content (AvgIpc) is 2.76. The first-order valence-electron chi connectivity index (χ1n) is 5.45. The molecule has 1 aromatic rings. The van der Waals surface area contributed by atoms with Gasteiger partial charge in [-0.1, -0.05) is 0 Å². The normalized spacial score (nSPS) is 19.7. The Kier molecular flexibility index (Phi) is 4.05. The van der Waals surface area contributed by atoms with Gasteiger partial charge in [0.15, 0.2) is 0 Å². The van der Waals surface area contributed by atoms with Crippen molar-refractivity contribution in [3.63, 3.8) is 0 Å². The van der Waals surface area contributed by atoms with Crippen LogP contribution < -0.4 is 0 Å². The summed E-state index contributed by atoms with van der Waals surface area (Å²) in [6, 6.07) is 4.20. The van der Waals surface area contributed by atoms with Crippen molar-refractivity contribution in [2.75, 3.05) is 12.4 Å². The number of nitrogens with zero attached hydrogens (tertiary/aromatic N) is 1. The Labute approximate surface area is 113 Å². The lowest BCUT2D eigenvalue weighted by Crippen LogP contribution is -2.36. The minimum Gasteiger partial charge on any atom is -0.334 e. The minimum absolute atomic E-state index is 0.0833. The summed E-state index contributed by atoms with van der Waals surface area (Å²) < 4.78 is 13.4. The van der Waals surface area contributed by atoms with E-state index < -0.39 is 0 Å². The number of benzene rings is 1. The molecule has 1 atom stereocenters. The molecule has 0 N–H and O–H groups in total. The van der Waals surface area contributed by atoms with Gasteiger partial charge in [-0.3, -0.25) is 4.79 Å². The van der Waals surface area contributed by atoms with Crippen molar-refractivity contribution in [2.45, 2.75) is 18.9 Å². The lowest BCUT2D eigenvalue weighted by atomic mass is 10.2. The van der Waals surface area contributed by atoms with Crippen LogP contribution in [-0.4, -0.2) is 29.3 Å². The number of amides is 1. The Morgan fingerprint density at radius 2 is 2.35 bits per heavy atom. The van der Waals surface area contributed by atoms with Gasteiger partial charge in [-0.05, 0) is 47.0 Å². The van der Waals surface area contributed by atoms with Gasteiger partial charge in [0.1, 0.15) is 5.82 Å². The van der Waals surface area contributed by atoms with Crippen LogP contribution in [0.5, 0.6) is 0 Å². The van der Waals surface area contributed by atoms with Gasteiger partial charge < -0.3 is 4.90 Å². The van der Waals surface area contributed by atoms with Crippen LogP contribution >= 0.6 is 27.5 Å². The zero-order chi connectivity index (χ0) is 12.4. The Balaban J connectivity index is 2.24. The standard InChI is InChI=1S/C12H12BrClFNO/c13-11-6-8(15)3-4-10(11)12(17)16-5-1-2-9(16)7-14/h3-4,6,9H,1-2,5,7H2. The maximum atomic E-state index is 13.0. The fraction of sp³-hybridized carbons (Fsp3) is 0.417. The van der Waals surface area contributed by atoms with Crippen molar-refractivity contribution >= 4 is 33.4 Å². The summed E-state index contributed by atoms with van der Waals surface area (Å²) in [6.07, 6.45) is 1.91.